The summed E-state index contributed by atoms with van der Waals surface area (Å²) in [5.74, 6) is 0.925. The first-order valence-corrected chi connectivity index (χ1v) is 6.98. The highest BCUT2D eigenvalue weighted by molar-refractivity contribution is 7.78. The van der Waals surface area contributed by atoms with E-state index in [4.69, 9.17) is 4.74 Å². The molecule has 0 heterocycles. The minimum absolute atomic E-state index is 0.140. The van der Waals surface area contributed by atoms with Gasteiger partial charge in [0.25, 0.3) is 0 Å². The molecule has 0 aliphatic heterocycles. The smallest absolute Gasteiger partial charge is 0.158 e. The topological polar surface area (TPSA) is 9.23 Å². The van der Waals surface area contributed by atoms with E-state index in [0.717, 1.165) is 5.75 Å². The average molecular weight is 259 g/mol. The monoisotopic (exact) mass is 259 g/mol. The largest absolute Gasteiger partial charge is 0.488 e. The second-order valence-electron chi connectivity index (χ2n) is 5.16. The number of hydrogen-bond donors (Lipinski definition) is 0. The van der Waals surface area contributed by atoms with Gasteiger partial charge in [0.2, 0.25) is 0 Å². The third kappa shape index (κ3) is 4.11. The fourth-order valence-corrected chi connectivity index (χ4v) is 2.51. The van der Waals surface area contributed by atoms with Crippen LogP contribution in [0.5, 0.6) is 5.75 Å². The van der Waals surface area contributed by atoms with E-state index in [1.54, 1.807) is 0 Å². The fraction of sp³-hybridized carbons (Fsp3) is 0.250. The second-order valence-corrected chi connectivity index (χ2v) is 6.41. The second kappa shape index (κ2) is 5.49. The molecule has 0 spiro atoms. The van der Waals surface area contributed by atoms with Gasteiger partial charge >= 0.3 is 0 Å². The summed E-state index contributed by atoms with van der Waals surface area (Å²) < 4.78 is 5.80. The van der Waals surface area contributed by atoms with Crippen molar-refractivity contribution in [2.45, 2.75) is 36.2 Å². The van der Waals surface area contributed by atoms with E-state index in [-0.39, 0.29) is 5.60 Å². The summed E-state index contributed by atoms with van der Waals surface area (Å²) in [4.78, 5) is 2.59. The third-order valence-corrected chi connectivity index (χ3v) is 3.39. The van der Waals surface area contributed by atoms with Crippen LogP contribution >= 0.6 is 0 Å². The molecular weight excluding hydrogens is 240 g/mol. The Morgan fingerprint density at radius 3 is 1.89 bits per heavy atom. The first-order valence-electron chi connectivity index (χ1n) is 6.09. The van der Waals surface area contributed by atoms with Crippen LogP contribution in [0.25, 0.3) is 0 Å². The maximum absolute atomic E-state index is 5.80. The van der Waals surface area contributed by atoms with Crippen molar-refractivity contribution in [1.29, 1.82) is 0 Å². The average Bonchev–Trinajstić information content (AvgIpc) is 2.31. The van der Waals surface area contributed by atoms with Crippen molar-refractivity contribution in [2.75, 3.05) is 0 Å². The molecule has 18 heavy (non-hydrogen) atoms. The van der Waals surface area contributed by atoms with Gasteiger partial charge in [-0.1, -0.05) is 18.2 Å². The molecule has 0 unspecified atom stereocenters. The molecule has 0 saturated carbocycles. The zero-order valence-corrected chi connectivity index (χ0v) is 11.9. The Bertz CT molecular complexity index is 483. The highest BCUT2D eigenvalue weighted by Crippen LogP contribution is 2.20. The molecule has 0 N–H and O–H groups in total. The maximum Gasteiger partial charge on any atom is 0.158 e. The molecule has 2 heteroatoms. The van der Waals surface area contributed by atoms with E-state index < -0.39 is 0 Å². The Hall–Kier alpha value is -1.41. The normalized spacial score (nSPS) is 11.3. The summed E-state index contributed by atoms with van der Waals surface area (Å²) in [6.07, 6.45) is 0. The molecule has 2 rings (SSSR count). The molecule has 0 aliphatic rings. The summed E-state index contributed by atoms with van der Waals surface area (Å²) in [7, 11) is 0. The van der Waals surface area contributed by atoms with Crippen LogP contribution in [0, 0.1) is 0 Å². The molecule has 2 aromatic rings. The van der Waals surface area contributed by atoms with Crippen molar-refractivity contribution in [3.05, 3.63) is 54.6 Å². The number of ether oxygens (including phenoxy) is 1. The van der Waals surface area contributed by atoms with Gasteiger partial charge in [-0.2, -0.15) is 0 Å². The Morgan fingerprint density at radius 2 is 1.33 bits per heavy atom. The molecule has 0 atom stereocenters. The van der Waals surface area contributed by atoms with Gasteiger partial charge in [0, 0.05) is 11.8 Å². The molecule has 0 aromatic heterocycles. The number of thiol groups is 1. The van der Waals surface area contributed by atoms with Crippen molar-refractivity contribution in [1.82, 2.24) is 0 Å². The molecule has 0 fully saturated rings. The quantitative estimate of drug-likeness (QED) is 0.596. The Kier molecular flexibility index (Phi) is 3.97. The van der Waals surface area contributed by atoms with Crippen LogP contribution in [-0.4, -0.2) is 5.60 Å². The maximum atomic E-state index is 5.80. The molecule has 0 amide bonds. The van der Waals surface area contributed by atoms with Crippen LogP contribution < -0.4 is 4.74 Å². The molecule has 0 radical (unpaired) electrons. The van der Waals surface area contributed by atoms with Gasteiger partial charge < -0.3 is 4.74 Å². The zero-order chi connectivity index (χ0) is 13.0. The van der Waals surface area contributed by atoms with E-state index in [1.807, 2.05) is 18.2 Å². The molecule has 2 aromatic carbocycles. The SMILES string of the molecule is CC(C)(C)Oc1ccc([SH+]c2ccccc2)cc1. The Morgan fingerprint density at radius 1 is 0.778 bits per heavy atom. The van der Waals surface area contributed by atoms with Crippen LogP contribution in [0.1, 0.15) is 20.8 Å². The van der Waals surface area contributed by atoms with E-state index in [9.17, 15) is 0 Å². The van der Waals surface area contributed by atoms with Gasteiger partial charge in [0.05, 0.1) is 0 Å². The Labute approximate surface area is 113 Å². The molecular formula is C16H19OS+. The van der Waals surface area contributed by atoms with Gasteiger partial charge in [-0.15, -0.1) is 0 Å². The lowest BCUT2D eigenvalue weighted by Gasteiger charge is -2.20. The summed E-state index contributed by atoms with van der Waals surface area (Å²) in [5.41, 5.74) is -0.140. The number of benzene rings is 2. The lowest BCUT2D eigenvalue weighted by Crippen LogP contribution is -2.22. The zero-order valence-electron chi connectivity index (χ0n) is 11.1. The van der Waals surface area contributed by atoms with Gasteiger partial charge in [0.1, 0.15) is 11.4 Å². The van der Waals surface area contributed by atoms with Crippen molar-refractivity contribution in [3.63, 3.8) is 0 Å². The van der Waals surface area contributed by atoms with Gasteiger partial charge in [0.15, 0.2) is 9.79 Å². The molecule has 94 valence electrons. The summed E-state index contributed by atoms with van der Waals surface area (Å²) >= 11 is 1.23. The highest BCUT2D eigenvalue weighted by atomic mass is 32.2. The first kappa shape index (κ1) is 13.0. The van der Waals surface area contributed by atoms with E-state index >= 15 is 0 Å². The highest BCUT2D eigenvalue weighted by Gasteiger charge is 2.12. The fourth-order valence-electron chi connectivity index (χ4n) is 1.59. The standard InChI is InChI=1S/C16H18OS/c1-16(2,3)17-13-9-11-15(12-10-13)18-14-7-5-4-6-8-14/h4-12H,1-3H3/p+1. The van der Waals surface area contributed by atoms with Crippen LogP contribution in [-0.2, 0) is 11.8 Å². The van der Waals surface area contributed by atoms with E-state index in [0.29, 0.717) is 0 Å². The van der Waals surface area contributed by atoms with E-state index in [1.165, 1.54) is 21.6 Å². The number of hydrogen-bond acceptors (Lipinski definition) is 1. The van der Waals surface area contributed by atoms with Crippen LogP contribution in [0.4, 0.5) is 0 Å². The minimum atomic E-state index is -0.140. The molecule has 0 saturated heterocycles. The minimum Gasteiger partial charge on any atom is -0.488 e. The number of rotatable bonds is 3. The van der Waals surface area contributed by atoms with Gasteiger partial charge in [-0.3, -0.25) is 0 Å². The molecule has 0 bridgehead atoms. The lowest BCUT2D eigenvalue weighted by atomic mass is 10.2. The van der Waals surface area contributed by atoms with Gasteiger partial charge in [-0.25, -0.2) is 0 Å². The van der Waals surface area contributed by atoms with Crippen LogP contribution in [0.2, 0.25) is 0 Å². The lowest BCUT2D eigenvalue weighted by molar-refractivity contribution is 0.131. The Balaban J connectivity index is 2.04. The van der Waals surface area contributed by atoms with Crippen molar-refractivity contribution in [2.24, 2.45) is 0 Å². The third-order valence-electron chi connectivity index (χ3n) is 2.28. The van der Waals surface area contributed by atoms with Crippen molar-refractivity contribution in [3.8, 4) is 5.75 Å². The van der Waals surface area contributed by atoms with Crippen LogP contribution in [0.3, 0.4) is 0 Å². The summed E-state index contributed by atoms with van der Waals surface area (Å²) in [5, 5.41) is 0. The molecule has 0 aliphatic carbocycles. The predicted octanol–water partition coefficient (Wildman–Crippen LogP) is 4.10. The van der Waals surface area contributed by atoms with E-state index in [2.05, 4.69) is 57.2 Å². The summed E-state index contributed by atoms with van der Waals surface area (Å²) in [6, 6.07) is 18.8. The predicted molar refractivity (Wildman–Crippen MR) is 78.6 cm³/mol. The van der Waals surface area contributed by atoms with Crippen molar-refractivity contribution >= 4 is 11.8 Å². The van der Waals surface area contributed by atoms with Gasteiger partial charge in [-0.05, 0) is 57.2 Å². The molecule has 1 nitrogen and oxygen atoms in total. The van der Waals surface area contributed by atoms with Crippen molar-refractivity contribution < 1.29 is 4.74 Å². The van der Waals surface area contributed by atoms with Crippen LogP contribution in [0.15, 0.2) is 64.4 Å². The summed E-state index contributed by atoms with van der Waals surface area (Å²) in [6.45, 7) is 6.18. The first-order chi connectivity index (χ1) is 8.53.